The molecule has 2 aromatic rings. The number of carbonyl (C=O) groups is 1. The summed E-state index contributed by atoms with van der Waals surface area (Å²) in [6.45, 7) is 6.38. The van der Waals surface area contributed by atoms with E-state index in [2.05, 4.69) is 27.8 Å². The van der Waals surface area contributed by atoms with Crippen LogP contribution < -0.4 is 16.0 Å². The van der Waals surface area contributed by atoms with Gasteiger partial charge in [0.25, 0.3) is 5.91 Å². The molecule has 3 rings (SSSR count). The standard InChI is InChI=1S/C25H34FN5O.HI/c1-3-28-25(29-14-11-19-5-4-6-21(17-19)24(32)27-2)30-23-12-15-31(16-13-23)18-20-7-9-22(26)10-8-20;/h4-10,17,23H,3,11-16,18H2,1-2H3,(H,27,32)(H2,28,29,30);1H. The van der Waals surface area contributed by atoms with Gasteiger partial charge in [0.2, 0.25) is 0 Å². The van der Waals surface area contributed by atoms with E-state index in [1.165, 1.54) is 12.1 Å². The summed E-state index contributed by atoms with van der Waals surface area (Å²) in [6.07, 6.45) is 2.86. The van der Waals surface area contributed by atoms with Crippen molar-refractivity contribution in [3.8, 4) is 0 Å². The van der Waals surface area contributed by atoms with Crippen molar-refractivity contribution in [3.63, 3.8) is 0 Å². The Balaban J connectivity index is 0.00000385. The van der Waals surface area contributed by atoms with Gasteiger partial charge in [-0.25, -0.2) is 4.39 Å². The number of guanidine groups is 1. The molecule has 1 heterocycles. The van der Waals surface area contributed by atoms with Gasteiger partial charge in [-0.3, -0.25) is 14.7 Å². The van der Waals surface area contributed by atoms with Gasteiger partial charge < -0.3 is 16.0 Å². The summed E-state index contributed by atoms with van der Waals surface area (Å²) in [5, 5.41) is 9.57. The van der Waals surface area contributed by atoms with E-state index in [0.717, 1.165) is 62.5 Å². The van der Waals surface area contributed by atoms with Crippen molar-refractivity contribution in [2.45, 2.75) is 38.8 Å². The summed E-state index contributed by atoms with van der Waals surface area (Å²) in [4.78, 5) is 19.0. The van der Waals surface area contributed by atoms with E-state index in [-0.39, 0.29) is 35.7 Å². The van der Waals surface area contributed by atoms with Crippen molar-refractivity contribution >= 4 is 35.8 Å². The Hall–Kier alpha value is -2.20. The number of aliphatic imine (C=N–C) groups is 1. The highest BCUT2D eigenvalue weighted by atomic mass is 127. The van der Waals surface area contributed by atoms with E-state index in [4.69, 9.17) is 4.99 Å². The SMILES string of the molecule is CCNC(=NCCc1cccc(C(=O)NC)c1)NC1CCN(Cc2ccc(F)cc2)CC1.I. The van der Waals surface area contributed by atoms with Gasteiger partial charge in [0.15, 0.2) is 5.96 Å². The number of nitrogens with one attached hydrogen (secondary N) is 3. The highest BCUT2D eigenvalue weighted by Crippen LogP contribution is 2.14. The van der Waals surface area contributed by atoms with Gasteiger partial charge >= 0.3 is 0 Å². The molecule has 0 saturated carbocycles. The van der Waals surface area contributed by atoms with E-state index < -0.39 is 0 Å². The minimum Gasteiger partial charge on any atom is -0.357 e. The molecule has 0 radical (unpaired) electrons. The van der Waals surface area contributed by atoms with Gasteiger partial charge in [-0.1, -0.05) is 24.3 Å². The molecule has 0 atom stereocenters. The van der Waals surface area contributed by atoms with E-state index >= 15 is 0 Å². The highest BCUT2D eigenvalue weighted by Gasteiger charge is 2.20. The molecule has 6 nitrogen and oxygen atoms in total. The number of amides is 1. The van der Waals surface area contributed by atoms with E-state index in [1.54, 1.807) is 7.05 Å². The number of carbonyl (C=O) groups excluding carboxylic acids is 1. The Morgan fingerprint density at radius 3 is 2.52 bits per heavy atom. The average molecular weight is 567 g/mol. The van der Waals surface area contributed by atoms with E-state index in [9.17, 15) is 9.18 Å². The third kappa shape index (κ3) is 8.92. The summed E-state index contributed by atoms with van der Waals surface area (Å²) in [5.41, 5.74) is 2.92. The zero-order valence-corrected chi connectivity index (χ0v) is 21.8. The van der Waals surface area contributed by atoms with Crippen molar-refractivity contribution in [3.05, 3.63) is 71.0 Å². The summed E-state index contributed by atoms with van der Waals surface area (Å²) >= 11 is 0. The van der Waals surface area contributed by atoms with Crippen molar-refractivity contribution in [1.29, 1.82) is 0 Å². The van der Waals surface area contributed by atoms with Crippen LogP contribution in [0.4, 0.5) is 4.39 Å². The Morgan fingerprint density at radius 1 is 1.12 bits per heavy atom. The second-order valence-corrected chi connectivity index (χ2v) is 8.11. The van der Waals surface area contributed by atoms with Crippen LogP contribution in [0.2, 0.25) is 0 Å². The molecule has 0 spiro atoms. The molecule has 1 amide bonds. The predicted octanol–water partition coefficient (Wildman–Crippen LogP) is 3.57. The highest BCUT2D eigenvalue weighted by molar-refractivity contribution is 14.0. The molecule has 180 valence electrons. The number of likely N-dealkylation sites (tertiary alicyclic amines) is 1. The molecule has 1 saturated heterocycles. The molecule has 1 aliphatic heterocycles. The maximum atomic E-state index is 13.1. The van der Waals surface area contributed by atoms with Gasteiger partial charge in [-0.2, -0.15) is 0 Å². The maximum Gasteiger partial charge on any atom is 0.251 e. The first kappa shape index (κ1) is 27.0. The second-order valence-electron chi connectivity index (χ2n) is 8.11. The third-order valence-electron chi connectivity index (χ3n) is 5.68. The van der Waals surface area contributed by atoms with Crippen molar-refractivity contribution in [2.75, 3.05) is 33.2 Å². The first-order chi connectivity index (χ1) is 15.6. The van der Waals surface area contributed by atoms with Gasteiger partial charge in [0, 0.05) is 51.4 Å². The van der Waals surface area contributed by atoms with Crippen LogP contribution in [0, 0.1) is 5.82 Å². The molecule has 0 bridgehead atoms. The Labute approximate surface area is 213 Å². The lowest BCUT2D eigenvalue weighted by Gasteiger charge is -2.33. The molecule has 8 heteroatoms. The zero-order valence-electron chi connectivity index (χ0n) is 19.4. The van der Waals surface area contributed by atoms with Crippen LogP contribution in [0.1, 0.15) is 41.3 Å². The van der Waals surface area contributed by atoms with Crippen LogP contribution >= 0.6 is 24.0 Å². The third-order valence-corrected chi connectivity index (χ3v) is 5.68. The van der Waals surface area contributed by atoms with Crippen LogP contribution in [-0.2, 0) is 13.0 Å². The molecular weight excluding hydrogens is 532 g/mol. The predicted molar refractivity (Wildman–Crippen MR) is 143 cm³/mol. The minimum atomic E-state index is -0.189. The van der Waals surface area contributed by atoms with Crippen LogP contribution in [-0.4, -0.2) is 56.0 Å². The van der Waals surface area contributed by atoms with Crippen molar-refractivity contribution in [2.24, 2.45) is 4.99 Å². The largest absolute Gasteiger partial charge is 0.357 e. The number of piperidine rings is 1. The molecule has 0 aromatic heterocycles. The molecular formula is C25H35FIN5O. The first-order valence-corrected chi connectivity index (χ1v) is 11.4. The van der Waals surface area contributed by atoms with Gasteiger partial charge in [-0.15, -0.1) is 24.0 Å². The Bertz CT molecular complexity index is 898. The monoisotopic (exact) mass is 567 g/mol. The number of benzene rings is 2. The van der Waals surface area contributed by atoms with Crippen LogP contribution in [0.5, 0.6) is 0 Å². The number of hydrogen-bond acceptors (Lipinski definition) is 3. The number of nitrogens with zero attached hydrogens (tertiary/aromatic N) is 2. The Kier molecular flexibility index (Phi) is 11.6. The van der Waals surface area contributed by atoms with Crippen LogP contribution in [0.15, 0.2) is 53.5 Å². The fourth-order valence-corrected chi connectivity index (χ4v) is 3.91. The van der Waals surface area contributed by atoms with E-state index in [0.29, 0.717) is 18.2 Å². The summed E-state index contributed by atoms with van der Waals surface area (Å²) in [5.74, 6) is 0.578. The van der Waals surface area contributed by atoms with Gasteiger partial charge in [-0.05, 0) is 61.6 Å². The smallest absolute Gasteiger partial charge is 0.251 e. The molecule has 0 aliphatic carbocycles. The molecule has 0 unspecified atom stereocenters. The number of rotatable bonds is 8. The molecule has 3 N–H and O–H groups in total. The lowest BCUT2D eigenvalue weighted by molar-refractivity contribution is 0.0963. The van der Waals surface area contributed by atoms with Crippen molar-refractivity contribution < 1.29 is 9.18 Å². The summed E-state index contributed by atoms with van der Waals surface area (Å²) < 4.78 is 13.1. The fraction of sp³-hybridized carbons (Fsp3) is 0.440. The normalized spacial score (nSPS) is 14.9. The maximum absolute atomic E-state index is 13.1. The Morgan fingerprint density at radius 2 is 1.85 bits per heavy atom. The van der Waals surface area contributed by atoms with E-state index in [1.807, 2.05) is 36.4 Å². The lowest BCUT2D eigenvalue weighted by Crippen LogP contribution is -2.48. The molecule has 1 fully saturated rings. The number of halogens is 2. The topological polar surface area (TPSA) is 68.8 Å². The van der Waals surface area contributed by atoms with Gasteiger partial charge in [0.05, 0.1) is 0 Å². The van der Waals surface area contributed by atoms with Gasteiger partial charge in [0.1, 0.15) is 5.82 Å². The van der Waals surface area contributed by atoms with Crippen molar-refractivity contribution in [1.82, 2.24) is 20.9 Å². The lowest BCUT2D eigenvalue weighted by atomic mass is 10.0. The molecule has 1 aliphatic rings. The quantitative estimate of drug-likeness (QED) is 0.259. The summed E-state index contributed by atoms with van der Waals surface area (Å²) in [7, 11) is 1.64. The minimum absolute atomic E-state index is 0. The first-order valence-electron chi connectivity index (χ1n) is 11.4. The van der Waals surface area contributed by atoms with Crippen LogP contribution in [0.3, 0.4) is 0 Å². The second kappa shape index (κ2) is 14.1. The molecule has 33 heavy (non-hydrogen) atoms. The zero-order chi connectivity index (χ0) is 22.8. The van der Waals surface area contributed by atoms with Crippen LogP contribution in [0.25, 0.3) is 0 Å². The number of hydrogen-bond donors (Lipinski definition) is 3. The molecule has 2 aromatic carbocycles. The average Bonchev–Trinajstić information content (AvgIpc) is 2.81. The summed E-state index contributed by atoms with van der Waals surface area (Å²) in [6, 6.07) is 14.8. The fourth-order valence-electron chi connectivity index (χ4n) is 3.91.